The maximum absolute atomic E-state index is 9.16. The van der Waals surface area contributed by atoms with Gasteiger partial charge in [-0.15, -0.1) is 0 Å². The van der Waals surface area contributed by atoms with E-state index in [1.165, 1.54) is 5.56 Å². The monoisotopic (exact) mass is 192 g/mol. The Morgan fingerprint density at radius 3 is 2.71 bits per heavy atom. The van der Waals surface area contributed by atoms with Gasteiger partial charge in [-0.25, -0.2) is 0 Å². The van der Waals surface area contributed by atoms with E-state index in [9.17, 15) is 0 Å². The molecule has 0 saturated carbocycles. The molecule has 14 heavy (non-hydrogen) atoms. The van der Waals surface area contributed by atoms with Crippen LogP contribution in [0.25, 0.3) is 0 Å². The number of aliphatic hydroxyl groups excluding tert-OH is 1. The summed E-state index contributed by atoms with van der Waals surface area (Å²) in [5.74, 6) is 0. The van der Waals surface area contributed by atoms with Gasteiger partial charge in [0.15, 0.2) is 0 Å². The second-order valence-electron chi connectivity index (χ2n) is 4.16. The summed E-state index contributed by atoms with van der Waals surface area (Å²) < 4.78 is 5.83. The summed E-state index contributed by atoms with van der Waals surface area (Å²) in [6.07, 6.45) is 2.10. The number of ether oxygens (including phenoxy) is 1. The van der Waals surface area contributed by atoms with Crippen molar-refractivity contribution in [3.63, 3.8) is 0 Å². The number of aliphatic hydroxyl groups is 1. The first-order valence-corrected chi connectivity index (χ1v) is 5.07. The van der Waals surface area contributed by atoms with Crippen molar-refractivity contribution in [3.8, 4) is 0 Å². The van der Waals surface area contributed by atoms with E-state index in [4.69, 9.17) is 9.84 Å². The van der Waals surface area contributed by atoms with Crippen LogP contribution in [0.15, 0.2) is 30.3 Å². The topological polar surface area (TPSA) is 29.5 Å². The maximum atomic E-state index is 9.16. The van der Waals surface area contributed by atoms with E-state index in [0.29, 0.717) is 0 Å². The molecule has 2 rings (SSSR count). The average Bonchev–Trinajstić information content (AvgIpc) is 2.63. The zero-order valence-corrected chi connectivity index (χ0v) is 8.44. The molecule has 0 aromatic heterocycles. The van der Waals surface area contributed by atoms with Crippen LogP contribution in [0.4, 0.5) is 0 Å². The summed E-state index contributed by atoms with van der Waals surface area (Å²) >= 11 is 0. The molecule has 0 amide bonds. The van der Waals surface area contributed by atoms with Crippen LogP contribution in [0.3, 0.4) is 0 Å². The largest absolute Gasteiger partial charge is 0.393 e. The molecule has 1 saturated heterocycles. The first kappa shape index (κ1) is 9.69. The number of hydrogen-bond donors (Lipinski definition) is 1. The lowest BCUT2D eigenvalue weighted by molar-refractivity contribution is -0.0618. The van der Waals surface area contributed by atoms with Crippen LogP contribution in [0, 0.1) is 0 Å². The van der Waals surface area contributed by atoms with E-state index >= 15 is 0 Å². The van der Waals surface area contributed by atoms with Crippen LogP contribution in [-0.2, 0) is 4.74 Å². The fourth-order valence-electron chi connectivity index (χ4n) is 1.92. The maximum Gasteiger partial charge on any atom is 0.0893 e. The van der Waals surface area contributed by atoms with Gasteiger partial charge in [-0.05, 0) is 25.3 Å². The second kappa shape index (κ2) is 3.71. The van der Waals surface area contributed by atoms with Gasteiger partial charge < -0.3 is 9.84 Å². The molecule has 1 N–H and O–H groups in total. The Bertz CT molecular complexity index is 296. The molecular weight excluding hydrogens is 176 g/mol. The molecule has 0 aliphatic carbocycles. The van der Waals surface area contributed by atoms with Crippen molar-refractivity contribution >= 4 is 0 Å². The highest BCUT2D eigenvalue weighted by atomic mass is 16.5. The van der Waals surface area contributed by atoms with Gasteiger partial charge in [-0.3, -0.25) is 0 Å². The molecule has 1 aromatic carbocycles. The smallest absolute Gasteiger partial charge is 0.0893 e. The quantitative estimate of drug-likeness (QED) is 0.779. The van der Waals surface area contributed by atoms with Crippen molar-refractivity contribution in [2.24, 2.45) is 0 Å². The van der Waals surface area contributed by atoms with Gasteiger partial charge in [0.1, 0.15) is 0 Å². The fourth-order valence-corrected chi connectivity index (χ4v) is 1.92. The summed E-state index contributed by atoms with van der Waals surface area (Å²) in [6, 6.07) is 10.2. The molecule has 0 spiro atoms. The third-order valence-electron chi connectivity index (χ3n) is 2.87. The van der Waals surface area contributed by atoms with Crippen molar-refractivity contribution in [2.75, 3.05) is 6.61 Å². The Labute approximate surface area is 84.5 Å². The summed E-state index contributed by atoms with van der Waals surface area (Å²) in [7, 11) is 0. The Balaban J connectivity index is 2.10. The third kappa shape index (κ3) is 1.81. The zero-order valence-electron chi connectivity index (χ0n) is 8.44. The normalized spacial score (nSPS) is 32.0. The van der Waals surface area contributed by atoms with Gasteiger partial charge >= 0.3 is 0 Å². The van der Waals surface area contributed by atoms with Crippen molar-refractivity contribution < 1.29 is 9.84 Å². The predicted octanol–water partition coefficient (Wildman–Crippen LogP) is 2.29. The first-order chi connectivity index (χ1) is 6.73. The van der Waals surface area contributed by atoms with Crippen molar-refractivity contribution in [1.82, 2.24) is 0 Å². The molecule has 1 aromatic rings. The Kier molecular flexibility index (Phi) is 2.57. The molecule has 1 fully saturated rings. The number of rotatable bonds is 2. The van der Waals surface area contributed by atoms with Crippen LogP contribution in [0.2, 0.25) is 0 Å². The predicted molar refractivity (Wildman–Crippen MR) is 55.0 cm³/mol. The highest BCUT2D eigenvalue weighted by Gasteiger charge is 2.35. The Hall–Kier alpha value is -0.860. The summed E-state index contributed by atoms with van der Waals surface area (Å²) in [5, 5.41) is 9.16. The van der Waals surface area contributed by atoms with Gasteiger partial charge in [-0.1, -0.05) is 30.3 Å². The lowest BCUT2D eigenvalue weighted by Crippen LogP contribution is -2.27. The first-order valence-electron chi connectivity index (χ1n) is 5.07. The highest BCUT2D eigenvalue weighted by Crippen LogP contribution is 2.38. The van der Waals surface area contributed by atoms with Crippen LogP contribution in [0.1, 0.15) is 31.4 Å². The average molecular weight is 192 g/mol. The standard InChI is InChI=1S/C12H16O2/c1-12(9-13)8-7-11(14-12)10-5-3-2-4-6-10/h2-6,11,13H,7-9H2,1H3. The molecule has 0 radical (unpaired) electrons. The highest BCUT2D eigenvalue weighted by molar-refractivity contribution is 5.18. The lowest BCUT2D eigenvalue weighted by atomic mass is 10.0. The minimum absolute atomic E-state index is 0.107. The van der Waals surface area contributed by atoms with Crippen LogP contribution >= 0.6 is 0 Å². The Morgan fingerprint density at radius 2 is 2.14 bits per heavy atom. The fraction of sp³-hybridized carbons (Fsp3) is 0.500. The Morgan fingerprint density at radius 1 is 1.43 bits per heavy atom. The van der Waals surface area contributed by atoms with E-state index in [-0.39, 0.29) is 18.3 Å². The van der Waals surface area contributed by atoms with Crippen molar-refractivity contribution in [1.29, 1.82) is 0 Å². The second-order valence-corrected chi connectivity index (χ2v) is 4.16. The SMILES string of the molecule is CC1(CO)CCC(c2ccccc2)O1. The number of hydrogen-bond acceptors (Lipinski definition) is 2. The van der Waals surface area contributed by atoms with Crippen LogP contribution < -0.4 is 0 Å². The third-order valence-corrected chi connectivity index (χ3v) is 2.87. The van der Waals surface area contributed by atoms with Crippen LogP contribution in [-0.4, -0.2) is 17.3 Å². The van der Waals surface area contributed by atoms with Crippen molar-refractivity contribution in [2.45, 2.75) is 31.5 Å². The molecule has 0 bridgehead atoms. The molecular formula is C12H16O2. The zero-order chi connectivity index (χ0) is 10.0. The summed E-state index contributed by atoms with van der Waals surface area (Å²) in [4.78, 5) is 0. The molecule has 1 heterocycles. The van der Waals surface area contributed by atoms with E-state index in [1.54, 1.807) is 0 Å². The molecule has 2 nitrogen and oxygen atoms in total. The van der Waals surface area contributed by atoms with E-state index < -0.39 is 0 Å². The number of benzene rings is 1. The van der Waals surface area contributed by atoms with Crippen LogP contribution in [0.5, 0.6) is 0 Å². The minimum atomic E-state index is -0.333. The van der Waals surface area contributed by atoms with E-state index in [2.05, 4.69) is 12.1 Å². The van der Waals surface area contributed by atoms with Crippen molar-refractivity contribution in [3.05, 3.63) is 35.9 Å². The van der Waals surface area contributed by atoms with Gasteiger partial charge in [-0.2, -0.15) is 0 Å². The van der Waals surface area contributed by atoms with E-state index in [0.717, 1.165) is 12.8 Å². The van der Waals surface area contributed by atoms with E-state index in [1.807, 2.05) is 25.1 Å². The van der Waals surface area contributed by atoms with Gasteiger partial charge in [0.2, 0.25) is 0 Å². The van der Waals surface area contributed by atoms with Gasteiger partial charge in [0, 0.05) is 0 Å². The summed E-state index contributed by atoms with van der Waals surface area (Å²) in [6.45, 7) is 2.08. The molecule has 2 unspecified atom stereocenters. The molecule has 2 heteroatoms. The van der Waals surface area contributed by atoms with Gasteiger partial charge in [0.25, 0.3) is 0 Å². The minimum Gasteiger partial charge on any atom is -0.393 e. The molecule has 2 atom stereocenters. The molecule has 76 valence electrons. The molecule has 1 aliphatic heterocycles. The summed E-state index contributed by atoms with van der Waals surface area (Å²) in [5.41, 5.74) is 0.880. The molecule has 1 aliphatic rings. The van der Waals surface area contributed by atoms with Gasteiger partial charge in [0.05, 0.1) is 18.3 Å². The lowest BCUT2D eigenvalue weighted by Gasteiger charge is -2.22.